The molecule has 0 amide bonds. The molecule has 6 nitrogen and oxygen atoms in total. The van der Waals surface area contributed by atoms with Crippen molar-refractivity contribution in [3.8, 4) is 11.6 Å². The van der Waals surface area contributed by atoms with Crippen molar-refractivity contribution in [1.29, 1.82) is 0 Å². The first-order chi connectivity index (χ1) is 8.99. The van der Waals surface area contributed by atoms with Crippen molar-refractivity contribution in [2.45, 2.75) is 0 Å². The second-order valence-corrected chi connectivity index (χ2v) is 3.87. The van der Waals surface area contributed by atoms with Crippen molar-refractivity contribution in [3.63, 3.8) is 0 Å². The highest BCUT2D eigenvalue weighted by atomic mass is 35.5. The number of benzene rings is 1. The molecular formula is C11H7ClFN3O3. The lowest BCUT2D eigenvalue weighted by Crippen LogP contribution is -2.00. The van der Waals surface area contributed by atoms with E-state index in [4.69, 9.17) is 22.1 Å². The van der Waals surface area contributed by atoms with Crippen LogP contribution in [0.15, 0.2) is 30.3 Å². The van der Waals surface area contributed by atoms with Crippen LogP contribution in [0, 0.1) is 15.9 Å². The largest absolute Gasteiger partial charge is 0.436 e. The van der Waals surface area contributed by atoms with E-state index >= 15 is 0 Å². The number of ether oxygens (including phenoxy) is 1. The van der Waals surface area contributed by atoms with E-state index in [2.05, 4.69) is 4.98 Å². The molecule has 0 saturated heterocycles. The number of hydrogen-bond acceptors (Lipinski definition) is 5. The first-order valence-corrected chi connectivity index (χ1v) is 5.39. The van der Waals surface area contributed by atoms with Gasteiger partial charge in [-0.2, -0.15) is 4.98 Å². The van der Waals surface area contributed by atoms with Gasteiger partial charge in [0.25, 0.3) is 0 Å². The van der Waals surface area contributed by atoms with Crippen molar-refractivity contribution < 1.29 is 14.1 Å². The van der Waals surface area contributed by atoms with Crippen LogP contribution in [0.2, 0.25) is 5.02 Å². The van der Waals surface area contributed by atoms with Gasteiger partial charge in [0, 0.05) is 12.1 Å². The summed E-state index contributed by atoms with van der Waals surface area (Å²) in [4.78, 5) is 13.5. The molecule has 0 unspecified atom stereocenters. The topological polar surface area (TPSA) is 91.3 Å². The highest BCUT2D eigenvalue weighted by molar-refractivity contribution is 6.30. The molecule has 0 atom stereocenters. The second-order valence-electron chi connectivity index (χ2n) is 3.46. The van der Waals surface area contributed by atoms with Crippen LogP contribution in [0.25, 0.3) is 0 Å². The summed E-state index contributed by atoms with van der Waals surface area (Å²) in [6, 6.07) is 6.55. The fourth-order valence-electron chi connectivity index (χ4n) is 1.34. The van der Waals surface area contributed by atoms with Crippen LogP contribution >= 0.6 is 11.6 Å². The first-order valence-electron chi connectivity index (χ1n) is 5.02. The van der Waals surface area contributed by atoms with Gasteiger partial charge < -0.3 is 10.5 Å². The van der Waals surface area contributed by atoms with Crippen molar-refractivity contribution >= 4 is 23.1 Å². The molecule has 98 valence electrons. The van der Waals surface area contributed by atoms with Crippen LogP contribution in [-0.4, -0.2) is 9.91 Å². The number of nitrogens with two attached hydrogens (primary N) is 1. The van der Waals surface area contributed by atoms with E-state index in [1.165, 1.54) is 24.3 Å². The standard InChI is InChI=1S/C11H7ClFN3O3/c12-6-2-1-3-8(10(6)13)19-9-5-4-7(16(17)18)11(14)15-9/h1-5H,(H2,14,15). The van der Waals surface area contributed by atoms with E-state index in [1.807, 2.05) is 0 Å². The molecule has 1 heterocycles. The molecule has 2 aromatic rings. The Morgan fingerprint density at radius 3 is 2.74 bits per heavy atom. The zero-order chi connectivity index (χ0) is 14.0. The molecule has 0 aliphatic heterocycles. The minimum atomic E-state index is -0.747. The highest BCUT2D eigenvalue weighted by Gasteiger charge is 2.15. The first kappa shape index (κ1) is 13.0. The third kappa shape index (κ3) is 2.71. The maximum atomic E-state index is 13.6. The Bertz CT molecular complexity index is 651. The maximum Gasteiger partial charge on any atom is 0.311 e. The predicted molar refractivity (Wildman–Crippen MR) is 66.8 cm³/mol. The summed E-state index contributed by atoms with van der Waals surface area (Å²) in [5.74, 6) is -1.27. The molecule has 0 radical (unpaired) electrons. The smallest absolute Gasteiger partial charge is 0.311 e. The molecule has 2 N–H and O–H groups in total. The van der Waals surface area contributed by atoms with Gasteiger partial charge in [0.05, 0.1) is 9.95 Å². The van der Waals surface area contributed by atoms with Gasteiger partial charge in [-0.15, -0.1) is 0 Å². The lowest BCUT2D eigenvalue weighted by atomic mass is 10.3. The molecule has 19 heavy (non-hydrogen) atoms. The number of nitro groups is 1. The summed E-state index contributed by atoms with van der Waals surface area (Å²) in [7, 11) is 0. The molecule has 1 aromatic carbocycles. The summed E-state index contributed by atoms with van der Waals surface area (Å²) < 4.78 is 18.7. The highest BCUT2D eigenvalue weighted by Crippen LogP contribution is 2.29. The summed E-state index contributed by atoms with van der Waals surface area (Å²) in [5.41, 5.74) is 5.04. The summed E-state index contributed by atoms with van der Waals surface area (Å²) in [6.45, 7) is 0. The Kier molecular flexibility index (Phi) is 3.48. The molecule has 1 aromatic heterocycles. The third-order valence-corrected chi connectivity index (χ3v) is 2.50. The van der Waals surface area contributed by atoms with Crippen molar-refractivity contribution in [1.82, 2.24) is 4.98 Å². The molecular weight excluding hydrogens is 277 g/mol. The Labute approximate surface area is 111 Å². The number of nitrogen functional groups attached to an aromatic ring is 1. The normalized spacial score (nSPS) is 10.2. The zero-order valence-corrected chi connectivity index (χ0v) is 10.1. The number of pyridine rings is 1. The molecule has 0 spiro atoms. The maximum absolute atomic E-state index is 13.6. The third-order valence-electron chi connectivity index (χ3n) is 2.20. The fraction of sp³-hybridized carbons (Fsp3) is 0. The zero-order valence-electron chi connectivity index (χ0n) is 9.34. The number of anilines is 1. The molecule has 0 bridgehead atoms. The fourth-order valence-corrected chi connectivity index (χ4v) is 1.50. The van der Waals surface area contributed by atoms with Gasteiger partial charge in [0.2, 0.25) is 11.7 Å². The van der Waals surface area contributed by atoms with E-state index in [0.29, 0.717) is 0 Å². The van der Waals surface area contributed by atoms with E-state index in [0.717, 1.165) is 6.07 Å². The van der Waals surface area contributed by atoms with Crippen molar-refractivity contribution in [3.05, 3.63) is 51.3 Å². The molecule has 0 saturated carbocycles. The van der Waals surface area contributed by atoms with E-state index in [-0.39, 0.29) is 28.2 Å². The van der Waals surface area contributed by atoms with Gasteiger partial charge in [-0.1, -0.05) is 17.7 Å². The summed E-state index contributed by atoms with van der Waals surface area (Å²) in [5, 5.41) is 10.5. The van der Waals surface area contributed by atoms with Crippen LogP contribution in [0.4, 0.5) is 15.9 Å². The Morgan fingerprint density at radius 2 is 2.11 bits per heavy atom. The van der Waals surface area contributed by atoms with Crippen LogP contribution < -0.4 is 10.5 Å². The van der Waals surface area contributed by atoms with Crippen molar-refractivity contribution in [2.24, 2.45) is 0 Å². The lowest BCUT2D eigenvalue weighted by Gasteiger charge is -2.07. The van der Waals surface area contributed by atoms with E-state index < -0.39 is 10.7 Å². The average Bonchev–Trinajstić information content (AvgIpc) is 2.34. The Balaban J connectivity index is 2.32. The van der Waals surface area contributed by atoms with Crippen LogP contribution in [-0.2, 0) is 0 Å². The van der Waals surface area contributed by atoms with Gasteiger partial charge in [0.15, 0.2) is 11.6 Å². The van der Waals surface area contributed by atoms with E-state index in [1.54, 1.807) is 0 Å². The number of hydrogen-bond donors (Lipinski definition) is 1. The molecule has 0 aliphatic carbocycles. The van der Waals surface area contributed by atoms with E-state index in [9.17, 15) is 14.5 Å². The quantitative estimate of drug-likeness (QED) is 0.690. The Morgan fingerprint density at radius 1 is 1.37 bits per heavy atom. The lowest BCUT2D eigenvalue weighted by molar-refractivity contribution is -0.384. The summed E-state index contributed by atoms with van der Waals surface area (Å²) >= 11 is 5.59. The SMILES string of the molecule is Nc1nc(Oc2cccc(Cl)c2F)ccc1[N+](=O)[O-]. The minimum absolute atomic E-state index is 0.0655. The monoisotopic (exact) mass is 283 g/mol. The number of nitrogens with zero attached hydrogens (tertiary/aromatic N) is 2. The molecule has 0 fully saturated rings. The molecule has 2 rings (SSSR count). The van der Waals surface area contributed by atoms with Crippen LogP contribution in [0.1, 0.15) is 0 Å². The number of rotatable bonds is 3. The van der Waals surface area contributed by atoms with Gasteiger partial charge in [0.1, 0.15) is 0 Å². The van der Waals surface area contributed by atoms with Gasteiger partial charge in [-0.25, -0.2) is 4.39 Å². The number of aromatic nitrogens is 1. The molecule has 0 aliphatic rings. The Hall–Kier alpha value is -2.41. The van der Waals surface area contributed by atoms with Gasteiger partial charge >= 0.3 is 5.69 Å². The van der Waals surface area contributed by atoms with Crippen LogP contribution in [0.5, 0.6) is 11.6 Å². The van der Waals surface area contributed by atoms with Crippen LogP contribution in [0.3, 0.4) is 0 Å². The second kappa shape index (κ2) is 5.07. The van der Waals surface area contributed by atoms with Crippen molar-refractivity contribution in [2.75, 3.05) is 5.73 Å². The molecule has 8 heteroatoms. The average molecular weight is 284 g/mol. The van der Waals surface area contributed by atoms with Gasteiger partial charge in [-0.05, 0) is 12.1 Å². The summed E-state index contributed by atoms with van der Waals surface area (Å²) in [6.07, 6.45) is 0. The van der Waals surface area contributed by atoms with Gasteiger partial charge in [-0.3, -0.25) is 10.1 Å². The number of halogens is 2. The minimum Gasteiger partial charge on any atom is -0.436 e. The predicted octanol–water partition coefficient (Wildman–Crippen LogP) is 3.16.